The lowest BCUT2D eigenvalue weighted by atomic mass is 9.63. The topological polar surface area (TPSA) is 42.1 Å². The third kappa shape index (κ3) is 1.68. The molecule has 3 nitrogen and oxygen atoms in total. The molecule has 1 aromatic rings. The van der Waals surface area contributed by atoms with E-state index in [1.165, 1.54) is 32.4 Å². The Balaban J connectivity index is 1.62. The largest absolute Gasteiger partial charge is 0.383 e. The van der Waals surface area contributed by atoms with Crippen LogP contribution in [-0.2, 0) is 6.54 Å². The Hall–Kier alpha value is -0.800. The molecule has 3 rings (SSSR count). The highest BCUT2D eigenvalue weighted by atomic mass is 35.5. The quantitative estimate of drug-likeness (QED) is 0.803. The maximum Gasteiger partial charge on any atom is 0.131 e. The molecule has 1 aliphatic carbocycles. The lowest BCUT2D eigenvalue weighted by Gasteiger charge is -2.56. The van der Waals surface area contributed by atoms with Gasteiger partial charge in [0.05, 0.1) is 0 Å². The Bertz CT molecular complexity index is 407. The van der Waals surface area contributed by atoms with Gasteiger partial charge in [0.1, 0.15) is 11.0 Å². The molecule has 0 radical (unpaired) electrons. The number of anilines is 1. The number of nitrogen functional groups attached to an aromatic ring is 1. The smallest absolute Gasteiger partial charge is 0.131 e. The van der Waals surface area contributed by atoms with Crippen LogP contribution >= 0.6 is 11.6 Å². The second-order valence-electron chi connectivity index (χ2n) is 5.18. The fourth-order valence-electron chi connectivity index (χ4n) is 2.86. The molecular weight excluding hydrogens is 222 g/mol. The Morgan fingerprint density at radius 3 is 2.69 bits per heavy atom. The predicted octanol–water partition coefficient (Wildman–Crippen LogP) is 2.30. The number of hydrogen-bond acceptors (Lipinski definition) is 3. The van der Waals surface area contributed by atoms with Crippen LogP contribution in [0.25, 0.3) is 0 Å². The lowest BCUT2D eigenvalue weighted by molar-refractivity contribution is -0.0644. The van der Waals surface area contributed by atoms with Crippen LogP contribution in [0.4, 0.5) is 5.82 Å². The van der Waals surface area contributed by atoms with Crippen LogP contribution in [0.1, 0.15) is 24.8 Å². The van der Waals surface area contributed by atoms with E-state index in [1.807, 2.05) is 12.1 Å². The van der Waals surface area contributed by atoms with E-state index < -0.39 is 0 Å². The highest BCUT2D eigenvalue weighted by Crippen LogP contribution is 2.48. The maximum atomic E-state index is 5.84. The minimum absolute atomic E-state index is 0.473. The van der Waals surface area contributed by atoms with Gasteiger partial charge in [-0.3, -0.25) is 4.90 Å². The average molecular weight is 238 g/mol. The number of nitrogens with two attached hydrogens (primary N) is 1. The first-order chi connectivity index (χ1) is 7.67. The molecule has 1 saturated heterocycles. The summed E-state index contributed by atoms with van der Waals surface area (Å²) >= 11 is 5.77. The third-order valence-electron chi connectivity index (χ3n) is 3.90. The Labute approximate surface area is 101 Å². The van der Waals surface area contributed by atoms with Gasteiger partial charge in [-0.05, 0) is 24.3 Å². The predicted molar refractivity (Wildman–Crippen MR) is 65.2 cm³/mol. The van der Waals surface area contributed by atoms with Crippen molar-refractivity contribution in [2.24, 2.45) is 5.41 Å². The van der Waals surface area contributed by atoms with Gasteiger partial charge in [-0.2, -0.15) is 0 Å². The van der Waals surface area contributed by atoms with Crippen molar-refractivity contribution >= 4 is 17.4 Å². The summed E-state index contributed by atoms with van der Waals surface area (Å²) in [7, 11) is 0. The van der Waals surface area contributed by atoms with Crippen LogP contribution in [0.5, 0.6) is 0 Å². The van der Waals surface area contributed by atoms with Gasteiger partial charge in [0.25, 0.3) is 0 Å². The molecule has 0 unspecified atom stereocenters. The number of hydrogen-bond donors (Lipinski definition) is 1. The Morgan fingerprint density at radius 1 is 1.38 bits per heavy atom. The van der Waals surface area contributed by atoms with Crippen molar-refractivity contribution in [3.05, 3.63) is 22.8 Å². The van der Waals surface area contributed by atoms with Crippen molar-refractivity contribution in [3.8, 4) is 0 Å². The molecule has 2 aliphatic rings. The van der Waals surface area contributed by atoms with Crippen molar-refractivity contribution < 1.29 is 0 Å². The van der Waals surface area contributed by atoms with E-state index >= 15 is 0 Å². The lowest BCUT2D eigenvalue weighted by Crippen LogP contribution is -2.58. The third-order valence-corrected chi connectivity index (χ3v) is 4.12. The molecule has 2 N–H and O–H groups in total. The minimum atomic E-state index is 0.473. The SMILES string of the molecule is Nc1nc(Cl)ccc1CN1CC2(CCC2)C1. The maximum absolute atomic E-state index is 5.84. The zero-order valence-corrected chi connectivity index (χ0v) is 10.0. The molecule has 2 fully saturated rings. The molecule has 1 saturated carbocycles. The van der Waals surface area contributed by atoms with Crippen LogP contribution in [0.15, 0.2) is 12.1 Å². The summed E-state index contributed by atoms with van der Waals surface area (Å²) < 4.78 is 0. The van der Waals surface area contributed by atoms with Crippen LogP contribution in [-0.4, -0.2) is 23.0 Å². The molecule has 4 heteroatoms. The van der Waals surface area contributed by atoms with Crippen LogP contribution in [0, 0.1) is 5.41 Å². The number of pyridine rings is 1. The first kappa shape index (κ1) is 10.4. The fourth-order valence-corrected chi connectivity index (χ4v) is 3.01. The molecule has 0 aromatic carbocycles. The van der Waals surface area contributed by atoms with Gasteiger partial charge in [0, 0.05) is 25.2 Å². The van der Waals surface area contributed by atoms with E-state index in [9.17, 15) is 0 Å². The van der Waals surface area contributed by atoms with Crippen molar-refractivity contribution in [1.82, 2.24) is 9.88 Å². The minimum Gasteiger partial charge on any atom is -0.383 e. The van der Waals surface area contributed by atoms with E-state index in [-0.39, 0.29) is 0 Å². The van der Waals surface area contributed by atoms with Crippen LogP contribution < -0.4 is 5.73 Å². The first-order valence-corrected chi connectivity index (χ1v) is 6.18. The van der Waals surface area contributed by atoms with Gasteiger partial charge < -0.3 is 5.73 Å². The normalized spacial score (nSPS) is 22.8. The summed E-state index contributed by atoms with van der Waals surface area (Å²) in [6.45, 7) is 3.38. The summed E-state index contributed by atoms with van der Waals surface area (Å²) in [6, 6.07) is 3.79. The zero-order chi connectivity index (χ0) is 11.2. The van der Waals surface area contributed by atoms with E-state index in [0.29, 0.717) is 16.4 Å². The second-order valence-corrected chi connectivity index (χ2v) is 5.56. The molecule has 1 aliphatic heterocycles. The fraction of sp³-hybridized carbons (Fsp3) is 0.583. The molecule has 0 amide bonds. The summed E-state index contributed by atoms with van der Waals surface area (Å²) in [6.07, 6.45) is 4.24. The second kappa shape index (κ2) is 3.60. The molecular formula is C12H16ClN3. The van der Waals surface area contributed by atoms with Gasteiger partial charge in [-0.15, -0.1) is 0 Å². The van der Waals surface area contributed by atoms with E-state index in [4.69, 9.17) is 17.3 Å². The summed E-state index contributed by atoms with van der Waals surface area (Å²) in [5, 5.41) is 0.473. The van der Waals surface area contributed by atoms with Crippen LogP contribution in [0.2, 0.25) is 5.15 Å². The zero-order valence-electron chi connectivity index (χ0n) is 9.25. The number of likely N-dealkylation sites (tertiary alicyclic amines) is 1. The van der Waals surface area contributed by atoms with Gasteiger partial charge in [-0.1, -0.05) is 24.1 Å². The first-order valence-electron chi connectivity index (χ1n) is 5.80. The molecule has 16 heavy (non-hydrogen) atoms. The highest BCUT2D eigenvalue weighted by molar-refractivity contribution is 6.29. The molecule has 0 bridgehead atoms. The molecule has 86 valence electrons. The molecule has 2 heterocycles. The van der Waals surface area contributed by atoms with Crippen molar-refractivity contribution in [2.45, 2.75) is 25.8 Å². The van der Waals surface area contributed by atoms with Crippen molar-refractivity contribution in [2.75, 3.05) is 18.8 Å². The number of nitrogens with zero attached hydrogens (tertiary/aromatic N) is 2. The standard InChI is InChI=1S/C12H16ClN3/c13-10-3-2-9(11(14)15-10)6-16-7-12(8-16)4-1-5-12/h2-3H,1,4-8H2,(H2,14,15). The Morgan fingerprint density at radius 2 is 2.12 bits per heavy atom. The van der Waals surface area contributed by atoms with E-state index in [2.05, 4.69) is 9.88 Å². The highest BCUT2D eigenvalue weighted by Gasteiger charge is 2.46. The summed E-state index contributed by atoms with van der Waals surface area (Å²) in [5.74, 6) is 0.571. The average Bonchev–Trinajstić information content (AvgIpc) is 2.10. The summed E-state index contributed by atoms with van der Waals surface area (Å²) in [4.78, 5) is 6.52. The van der Waals surface area contributed by atoms with E-state index in [1.54, 1.807) is 0 Å². The van der Waals surface area contributed by atoms with Crippen molar-refractivity contribution in [1.29, 1.82) is 0 Å². The van der Waals surface area contributed by atoms with Crippen molar-refractivity contribution in [3.63, 3.8) is 0 Å². The van der Waals surface area contributed by atoms with Gasteiger partial charge in [-0.25, -0.2) is 4.98 Å². The van der Waals surface area contributed by atoms with Crippen LogP contribution in [0.3, 0.4) is 0 Å². The van der Waals surface area contributed by atoms with Gasteiger partial charge in [0.2, 0.25) is 0 Å². The number of aromatic nitrogens is 1. The molecule has 1 aromatic heterocycles. The van der Waals surface area contributed by atoms with E-state index in [0.717, 1.165) is 12.1 Å². The number of rotatable bonds is 2. The number of halogens is 1. The monoisotopic (exact) mass is 237 g/mol. The molecule has 0 atom stereocenters. The molecule has 1 spiro atoms. The van der Waals surface area contributed by atoms with Gasteiger partial charge in [0.15, 0.2) is 0 Å². The Kier molecular flexibility index (Phi) is 2.33. The summed E-state index contributed by atoms with van der Waals surface area (Å²) in [5.41, 5.74) is 7.61. The van der Waals surface area contributed by atoms with Gasteiger partial charge >= 0.3 is 0 Å².